The topological polar surface area (TPSA) is 99.4 Å². The molecule has 4 aromatic rings. The zero-order valence-corrected chi connectivity index (χ0v) is 18.1. The lowest BCUT2D eigenvalue weighted by molar-refractivity contribution is -0.114. The zero-order valence-electron chi connectivity index (χ0n) is 18.1. The van der Waals surface area contributed by atoms with Crippen molar-refractivity contribution >= 4 is 17.4 Å². The number of halogens is 2. The maximum atomic E-state index is 15.1. The lowest BCUT2D eigenvalue weighted by Gasteiger charge is -2.14. The number of rotatable bonds is 7. The van der Waals surface area contributed by atoms with Crippen LogP contribution in [0.2, 0.25) is 0 Å². The Labute approximate surface area is 194 Å². The summed E-state index contributed by atoms with van der Waals surface area (Å²) in [4.78, 5) is 19.3. The molecule has 0 saturated heterocycles. The van der Waals surface area contributed by atoms with Gasteiger partial charge in [-0.25, -0.2) is 14.4 Å². The van der Waals surface area contributed by atoms with E-state index in [0.717, 1.165) is 11.9 Å². The Morgan fingerprint density at radius 1 is 1.00 bits per heavy atom. The monoisotopic (exact) mass is 462 g/mol. The predicted molar refractivity (Wildman–Crippen MR) is 123 cm³/mol. The Bertz CT molecular complexity index is 1330. The number of nitrogens with two attached hydrogens (primary N) is 1. The van der Waals surface area contributed by atoms with Gasteiger partial charge in [0.25, 0.3) is 0 Å². The highest BCUT2D eigenvalue weighted by Gasteiger charge is 2.22. The molecule has 1 amide bonds. The first-order valence-corrected chi connectivity index (χ1v) is 10.2. The Morgan fingerprint density at radius 3 is 2.56 bits per heavy atom. The van der Waals surface area contributed by atoms with Crippen LogP contribution in [0.5, 0.6) is 17.4 Å². The second-order valence-corrected chi connectivity index (χ2v) is 7.26. The van der Waals surface area contributed by atoms with Gasteiger partial charge in [-0.2, -0.15) is 4.39 Å². The number of nitrogens with zero attached hydrogens (tertiary/aromatic N) is 2. The lowest BCUT2D eigenvalue weighted by atomic mass is 10.1. The molecular formula is C25H20F2N4O3. The van der Waals surface area contributed by atoms with Crippen LogP contribution >= 0.6 is 0 Å². The second kappa shape index (κ2) is 9.95. The van der Waals surface area contributed by atoms with Gasteiger partial charge in [-0.05, 0) is 29.8 Å². The number of hydrogen-bond acceptors (Lipinski definition) is 6. The van der Waals surface area contributed by atoms with Gasteiger partial charge in [-0.15, -0.1) is 0 Å². The van der Waals surface area contributed by atoms with Crippen molar-refractivity contribution in [3.8, 4) is 28.5 Å². The molecule has 0 radical (unpaired) electrons. The van der Waals surface area contributed by atoms with E-state index in [1.54, 1.807) is 24.3 Å². The minimum absolute atomic E-state index is 0.0153. The molecule has 9 heteroatoms. The number of anilines is 2. The van der Waals surface area contributed by atoms with E-state index in [-0.39, 0.29) is 41.1 Å². The van der Waals surface area contributed by atoms with Gasteiger partial charge >= 0.3 is 0 Å². The van der Waals surface area contributed by atoms with Gasteiger partial charge in [0.2, 0.25) is 17.6 Å². The van der Waals surface area contributed by atoms with Crippen LogP contribution in [0.3, 0.4) is 0 Å². The molecule has 3 N–H and O–H groups in total. The first-order valence-electron chi connectivity index (χ1n) is 10.2. The SMILES string of the molecule is CC(=O)Nc1cccc(Oc2ncnc(N)c2-c2ccc(OCc3ccccc3)c(F)c2F)c1. The molecule has 0 saturated carbocycles. The van der Waals surface area contributed by atoms with E-state index >= 15 is 4.39 Å². The quantitative estimate of drug-likeness (QED) is 0.385. The van der Waals surface area contributed by atoms with E-state index in [0.29, 0.717) is 11.4 Å². The summed E-state index contributed by atoms with van der Waals surface area (Å²) in [5.74, 6) is -2.72. The van der Waals surface area contributed by atoms with Crippen molar-refractivity contribution in [2.75, 3.05) is 11.1 Å². The van der Waals surface area contributed by atoms with Crippen LogP contribution in [0, 0.1) is 11.6 Å². The summed E-state index contributed by atoms with van der Waals surface area (Å²) in [6.45, 7) is 1.45. The number of hydrogen-bond donors (Lipinski definition) is 2. The molecule has 0 spiro atoms. The van der Waals surface area contributed by atoms with Crippen LogP contribution in [0.15, 0.2) is 73.1 Å². The molecule has 0 aliphatic heterocycles. The number of benzene rings is 3. The van der Waals surface area contributed by atoms with Crippen LogP contribution in [-0.2, 0) is 11.4 Å². The highest BCUT2D eigenvalue weighted by atomic mass is 19.2. The van der Waals surface area contributed by atoms with Crippen LogP contribution in [0.1, 0.15) is 12.5 Å². The molecule has 0 atom stereocenters. The molecule has 0 bridgehead atoms. The summed E-state index contributed by atoms with van der Waals surface area (Å²) in [5, 5.41) is 2.64. The van der Waals surface area contributed by atoms with Crippen molar-refractivity contribution in [3.63, 3.8) is 0 Å². The number of amides is 1. The number of carbonyl (C=O) groups excluding carboxylic acids is 1. The number of nitrogen functional groups attached to an aromatic ring is 1. The van der Waals surface area contributed by atoms with Gasteiger partial charge in [-0.1, -0.05) is 36.4 Å². The smallest absolute Gasteiger partial charge is 0.232 e. The lowest BCUT2D eigenvalue weighted by Crippen LogP contribution is -2.06. The minimum atomic E-state index is -1.18. The van der Waals surface area contributed by atoms with Gasteiger partial charge in [0.05, 0.1) is 5.56 Å². The summed E-state index contributed by atoms with van der Waals surface area (Å²) in [7, 11) is 0. The molecule has 3 aromatic carbocycles. The molecule has 4 rings (SSSR count). The Kier molecular flexibility index (Phi) is 6.63. The van der Waals surface area contributed by atoms with Crippen molar-refractivity contribution in [1.29, 1.82) is 0 Å². The molecule has 0 unspecified atom stereocenters. The Morgan fingerprint density at radius 2 is 1.79 bits per heavy atom. The highest BCUT2D eigenvalue weighted by molar-refractivity contribution is 5.88. The van der Waals surface area contributed by atoms with Crippen LogP contribution < -0.4 is 20.5 Å². The number of ether oxygens (including phenoxy) is 2. The minimum Gasteiger partial charge on any atom is -0.486 e. The van der Waals surface area contributed by atoms with Crippen molar-refractivity contribution in [2.24, 2.45) is 0 Å². The first kappa shape index (κ1) is 22.7. The molecule has 0 fully saturated rings. The summed E-state index contributed by atoms with van der Waals surface area (Å²) in [5.41, 5.74) is 7.09. The molecule has 172 valence electrons. The third kappa shape index (κ3) is 5.09. The summed E-state index contributed by atoms with van der Waals surface area (Å²) >= 11 is 0. The molecule has 1 heterocycles. The van der Waals surface area contributed by atoms with E-state index in [2.05, 4.69) is 15.3 Å². The second-order valence-electron chi connectivity index (χ2n) is 7.26. The number of nitrogens with one attached hydrogen (secondary N) is 1. The van der Waals surface area contributed by atoms with Crippen molar-refractivity contribution < 1.29 is 23.0 Å². The normalized spacial score (nSPS) is 10.6. The molecule has 0 aliphatic rings. The van der Waals surface area contributed by atoms with Gasteiger partial charge in [-0.3, -0.25) is 4.79 Å². The third-order valence-electron chi connectivity index (χ3n) is 4.76. The average molecular weight is 462 g/mol. The molecule has 7 nitrogen and oxygen atoms in total. The highest BCUT2D eigenvalue weighted by Crippen LogP contribution is 2.39. The van der Waals surface area contributed by atoms with Crippen LogP contribution in [0.25, 0.3) is 11.1 Å². The third-order valence-corrected chi connectivity index (χ3v) is 4.76. The van der Waals surface area contributed by atoms with Gasteiger partial charge < -0.3 is 20.5 Å². The van der Waals surface area contributed by atoms with Gasteiger partial charge in [0.1, 0.15) is 24.5 Å². The number of aromatic nitrogens is 2. The van der Waals surface area contributed by atoms with E-state index in [1.807, 2.05) is 30.3 Å². The fourth-order valence-corrected chi connectivity index (χ4v) is 3.24. The zero-order chi connectivity index (χ0) is 24.1. The van der Waals surface area contributed by atoms with E-state index in [1.165, 1.54) is 19.1 Å². The molecule has 34 heavy (non-hydrogen) atoms. The summed E-state index contributed by atoms with van der Waals surface area (Å²) < 4.78 is 41.2. The molecular weight excluding hydrogens is 442 g/mol. The Balaban J connectivity index is 1.64. The van der Waals surface area contributed by atoms with Gasteiger partial charge in [0, 0.05) is 24.2 Å². The van der Waals surface area contributed by atoms with E-state index in [9.17, 15) is 9.18 Å². The van der Waals surface area contributed by atoms with Crippen molar-refractivity contribution in [3.05, 3.63) is 90.3 Å². The van der Waals surface area contributed by atoms with E-state index in [4.69, 9.17) is 15.2 Å². The summed E-state index contributed by atoms with van der Waals surface area (Å²) in [6.07, 6.45) is 1.15. The molecule has 0 aliphatic carbocycles. The fourth-order valence-electron chi connectivity index (χ4n) is 3.24. The van der Waals surface area contributed by atoms with Crippen molar-refractivity contribution in [2.45, 2.75) is 13.5 Å². The largest absolute Gasteiger partial charge is 0.486 e. The average Bonchev–Trinajstić information content (AvgIpc) is 2.81. The fraction of sp³-hybridized carbons (Fsp3) is 0.0800. The predicted octanol–water partition coefficient (Wildman–Crippen LogP) is 5.33. The van der Waals surface area contributed by atoms with Crippen LogP contribution in [0.4, 0.5) is 20.3 Å². The van der Waals surface area contributed by atoms with Crippen LogP contribution in [-0.4, -0.2) is 15.9 Å². The Hall–Kier alpha value is -4.53. The summed E-state index contributed by atoms with van der Waals surface area (Å²) in [6, 6.07) is 18.3. The maximum Gasteiger partial charge on any atom is 0.232 e. The number of carbonyl (C=O) groups is 1. The molecule has 1 aromatic heterocycles. The standard InChI is InChI=1S/C25H20F2N4O3/c1-15(32)31-17-8-5-9-18(12-17)34-25-21(24(28)29-14-30-25)19-10-11-20(23(27)22(19)26)33-13-16-6-3-2-4-7-16/h2-12,14H,13H2,1H3,(H,31,32)(H2,28,29,30). The first-order chi connectivity index (χ1) is 16.4. The van der Waals surface area contributed by atoms with Crippen molar-refractivity contribution in [1.82, 2.24) is 9.97 Å². The van der Waals surface area contributed by atoms with Gasteiger partial charge in [0.15, 0.2) is 11.6 Å². The van der Waals surface area contributed by atoms with E-state index < -0.39 is 11.6 Å². The maximum absolute atomic E-state index is 15.1.